The zero-order valence-electron chi connectivity index (χ0n) is 10.9. The van der Waals surface area contributed by atoms with Gasteiger partial charge in [-0.1, -0.05) is 6.92 Å². The summed E-state index contributed by atoms with van der Waals surface area (Å²) in [6.07, 6.45) is 4.45. The van der Waals surface area contributed by atoms with E-state index < -0.39 is 0 Å². The average molecular weight is 370 g/mol. The number of nitrogens with zero attached hydrogens (tertiary/aromatic N) is 3. The van der Waals surface area contributed by atoms with Crippen LogP contribution in [0, 0.1) is 3.57 Å². The topological polar surface area (TPSA) is 73.9 Å². The maximum atomic E-state index is 5.95. The van der Waals surface area contributed by atoms with Gasteiger partial charge in [0.15, 0.2) is 5.82 Å². The summed E-state index contributed by atoms with van der Waals surface area (Å²) in [6, 6.07) is 1.91. The van der Waals surface area contributed by atoms with Gasteiger partial charge >= 0.3 is 0 Å². The third-order valence-electron chi connectivity index (χ3n) is 2.75. The Kier molecular flexibility index (Phi) is 4.65. The van der Waals surface area contributed by atoms with Crippen LogP contribution in [0.25, 0.3) is 11.4 Å². The summed E-state index contributed by atoms with van der Waals surface area (Å²) in [5, 5.41) is 0. The van der Waals surface area contributed by atoms with Crippen LogP contribution >= 0.6 is 22.6 Å². The zero-order valence-corrected chi connectivity index (χ0v) is 13.0. The monoisotopic (exact) mass is 370 g/mol. The van der Waals surface area contributed by atoms with Gasteiger partial charge in [-0.3, -0.25) is 4.98 Å². The lowest BCUT2D eigenvalue weighted by Gasteiger charge is -2.10. The van der Waals surface area contributed by atoms with Crippen molar-refractivity contribution in [1.29, 1.82) is 0 Å². The molecule has 0 aliphatic carbocycles. The summed E-state index contributed by atoms with van der Waals surface area (Å²) in [7, 11) is 1.64. The summed E-state index contributed by atoms with van der Waals surface area (Å²) < 4.78 is 5.99. The lowest BCUT2D eigenvalue weighted by molar-refractivity contribution is 0.181. The molecule has 2 N–H and O–H groups in total. The third kappa shape index (κ3) is 3.01. The van der Waals surface area contributed by atoms with Crippen LogP contribution in [0.15, 0.2) is 18.5 Å². The molecule has 5 nitrogen and oxygen atoms in total. The summed E-state index contributed by atoms with van der Waals surface area (Å²) in [5.74, 6) is 1.11. The second-order valence-corrected chi connectivity index (χ2v) is 5.09. The highest BCUT2D eigenvalue weighted by molar-refractivity contribution is 14.1. The van der Waals surface area contributed by atoms with Crippen molar-refractivity contribution >= 4 is 28.4 Å². The van der Waals surface area contributed by atoms with Gasteiger partial charge in [0.05, 0.1) is 15.9 Å². The van der Waals surface area contributed by atoms with Gasteiger partial charge in [0.2, 0.25) is 0 Å². The number of nitrogen functional groups attached to an aromatic ring is 1. The molecule has 0 fully saturated rings. The Morgan fingerprint density at radius 3 is 2.84 bits per heavy atom. The van der Waals surface area contributed by atoms with Gasteiger partial charge in [-0.15, -0.1) is 0 Å². The molecule has 2 heterocycles. The first-order valence-electron chi connectivity index (χ1n) is 5.91. The van der Waals surface area contributed by atoms with Crippen molar-refractivity contribution in [3.8, 4) is 11.4 Å². The highest BCUT2D eigenvalue weighted by atomic mass is 127. The fourth-order valence-corrected chi connectivity index (χ4v) is 2.19. The highest BCUT2D eigenvalue weighted by Gasteiger charge is 2.13. The molecule has 0 atom stereocenters. The molecule has 19 heavy (non-hydrogen) atoms. The van der Waals surface area contributed by atoms with Gasteiger partial charge in [-0.2, -0.15) is 0 Å². The van der Waals surface area contributed by atoms with E-state index in [1.165, 1.54) is 0 Å². The summed E-state index contributed by atoms with van der Waals surface area (Å²) >= 11 is 2.14. The number of aromatic nitrogens is 3. The minimum atomic E-state index is 0.421. The van der Waals surface area contributed by atoms with Crippen molar-refractivity contribution in [2.75, 3.05) is 12.8 Å². The number of anilines is 1. The first-order valence-corrected chi connectivity index (χ1v) is 6.99. The summed E-state index contributed by atoms with van der Waals surface area (Å²) in [6.45, 7) is 2.50. The van der Waals surface area contributed by atoms with Gasteiger partial charge in [0.25, 0.3) is 0 Å². The molecule has 0 spiro atoms. The molecular formula is C13H15IN4O. The standard InChI is InChI=1S/C13H15IN4O/c1-3-8-6-16-5-4-9(8)13-17-10(7-19-2)11(14)12(15)18-13/h4-6H,3,7H2,1-2H3,(H2,15,17,18). The van der Waals surface area contributed by atoms with Crippen LogP contribution in [0.2, 0.25) is 0 Å². The Balaban J connectivity index is 2.56. The smallest absolute Gasteiger partial charge is 0.162 e. The van der Waals surface area contributed by atoms with Gasteiger partial charge < -0.3 is 10.5 Å². The Hall–Kier alpha value is -1.28. The molecule has 0 amide bonds. The van der Waals surface area contributed by atoms with Gasteiger partial charge in [0.1, 0.15) is 5.82 Å². The molecular weight excluding hydrogens is 355 g/mol. The van der Waals surface area contributed by atoms with E-state index in [4.69, 9.17) is 10.5 Å². The maximum Gasteiger partial charge on any atom is 0.162 e. The first kappa shape index (κ1) is 14.1. The Morgan fingerprint density at radius 2 is 2.16 bits per heavy atom. The summed E-state index contributed by atoms with van der Waals surface area (Å²) in [4.78, 5) is 13.0. The third-order valence-corrected chi connectivity index (χ3v) is 3.93. The van der Waals surface area contributed by atoms with E-state index in [1.54, 1.807) is 13.3 Å². The van der Waals surface area contributed by atoms with Crippen molar-refractivity contribution in [1.82, 2.24) is 15.0 Å². The second-order valence-electron chi connectivity index (χ2n) is 4.01. The van der Waals surface area contributed by atoms with Crippen LogP contribution in [0.3, 0.4) is 0 Å². The molecule has 0 bridgehead atoms. The highest BCUT2D eigenvalue weighted by Crippen LogP contribution is 2.24. The number of rotatable bonds is 4. The molecule has 0 aliphatic heterocycles. The molecule has 100 valence electrons. The minimum absolute atomic E-state index is 0.421. The van der Waals surface area contributed by atoms with Crippen LogP contribution < -0.4 is 5.73 Å². The fourth-order valence-electron chi connectivity index (χ4n) is 1.79. The van der Waals surface area contributed by atoms with Crippen molar-refractivity contribution in [2.24, 2.45) is 0 Å². The number of aryl methyl sites for hydroxylation is 1. The maximum absolute atomic E-state index is 5.95. The van der Waals surface area contributed by atoms with E-state index in [2.05, 4.69) is 44.5 Å². The van der Waals surface area contributed by atoms with E-state index in [0.29, 0.717) is 18.2 Å². The van der Waals surface area contributed by atoms with E-state index in [0.717, 1.165) is 26.8 Å². The molecule has 0 aliphatic rings. The fraction of sp³-hybridized carbons (Fsp3) is 0.308. The lowest BCUT2D eigenvalue weighted by Crippen LogP contribution is -2.06. The van der Waals surface area contributed by atoms with E-state index in [9.17, 15) is 0 Å². The molecule has 0 saturated carbocycles. The van der Waals surface area contributed by atoms with Crippen LogP contribution in [-0.2, 0) is 17.8 Å². The number of nitrogens with two attached hydrogens (primary N) is 1. The molecule has 2 aromatic heterocycles. The minimum Gasteiger partial charge on any atom is -0.383 e. The molecule has 0 unspecified atom stereocenters. The van der Waals surface area contributed by atoms with E-state index in [-0.39, 0.29) is 0 Å². The van der Waals surface area contributed by atoms with E-state index in [1.807, 2.05) is 12.3 Å². The van der Waals surface area contributed by atoms with Crippen LogP contribution in [0.5, 0.6) is 0 Å². The molecule has 0 saturated heterocycles. The second kappa shape index (κ2) is 6.25. The normalized spacial score (nSPS) is 10.7. The van der Waals surface area contributed by atoms with Crippen molar-refractivity contribution in [2.45, 2.75) is 20.0 Å². The Morgan fingerprint density at radius 1 is 1.37 bits per heavy atom. The van der Waals surface area contributed by atoms with Gasteiger partial charge in [-0.25, -0.2) is 9.97 Å². The zero-order chi connectivity index (χ0) is 13.8. The number of ether oxygens (including phenoxy) is 1. The predicted octanol–water partition coefficient (Wildman–Crippen LogP) is 2.43. The molecule has 2 aromatic rings. The molecule has 6 heteroatoms. The van der Waals surface area contributed by atoms with Gasteiger partial charge in [0, 0.05) is 25.1 Å². The SMILES string of the molecule is CCc1cnccc1-c1nc(N)c(I)c(COC)n1. The predicted molar refractivity (Wildman–Crippen MR) is 82.5 cm³/mol. The molecule has 0 radical (unpaired) electrons. The number of halogens is 1. The average Bonchev–Trinajstić information content (AvgIpc) is 2.43. The quantitative estimate of drug-likeness (QED) is 0.837. The van der Waals surface area contributed by atoms with Crippen LogP contribution in [0.1, 0.15) is 18.2 Å². The van der Waals surface area contributed by atoms with Crippen molar-refractivity contribution in [3.05, 3.63) is 33.3 Å². The Labute approximate surface area is 125 Å². The first-order chi connectivity index (χ1) is 9.17. The largest absolute Gasteiger partial charge is 0.383 e. The number of hydrogen-bond donors (Lipinski definition) is 1. The number of methoxy groups -OCH3 is 1. The number of pyridine rings is 1. The van der Waals surface area contributed by atoms with Crippen LogP contribution in [-0.4, -0.2) is 22.1 Å². The molecule has 0 aromatic carbocycles. The molecule has 2 rings (SSSR count). The van der Waals surface area contributed by atoms with E-state index >= 15 is 0 Å². The van der Waals surface area contributed by atoms with Gasteiger partial charge in [-0.05, 0) is 40.6 Å². The number of hydrogen-bond acceptors (Lipinski definition) is 5. The lowest BCUT2D eigenvalue weighted by atomic mass is 10.1. The van der Waals surface area contributed by atoms with Crippen LogP contribution in [0.4, 0.5) is 5.82 Å². The Bertz CT molecular complexity index is 589. The summed E-state index contributed by atoms with van der Waals surface area (Å²) in [5.41, 5.74) is 8.83. The van der Waals surface area contributed by atoms with Crippen molar-refractivity contribution in [3.63, 3.8) is 0 Å². The van der Waals surface area contributed by atoms with Crippen molar-refractivity contribution < 1.29 is 4.74 Å².